The molecule has 16 nitrogen and oxygen atoms in total. The fourth-order valence-corrected chi connectivity index (χ4v) is 10.8. The number of hydrogen-bond acceptors (Lipinski definition) is 12. The summed E-state index contributed by atoms with van der Waals surface area (Å²) in [4.78, 5) is 64.7. The van der Waals surface area contributed by atoms with Gasteiger partial charge in [0.15, 0.2) is 46.0 Å². The van der Waals surface area contributed by atoms with Gasteiger partial charge in [-0.1, -0.05) is 24.3 Å². The Morgan fingerprint density at radius 3 is 1.56 bits per heavy atom. The largest absolute Gasteiger partial charge is 0.502 e. The number of aromatic nitrogens is 4. The highest BCUT2D eigenvalue weighted by molar-refractivity contribution is 5.97. The van der Waals surface area contributed by atoms with Crippen molar-refractivity contribution in [1.82, 2.24) is 29.1 Å². The molecule has 8 heterocycles. The quantitative estimate of drug-likeness (QED) is 0.138. The molecule has 6 aliphatic rings. The zero-order valence-corrected chi connectivity index (χ0v) is 39.1. The molecule has 2 atom stereocenters. The third kappa shape index (κ3) is 7.56. The minimum atomic E-state index is -1.13. The number of ether oxygens (including phenoxy) is 2. The van der Waals surface area contributed by atoms with Gasteiger partial charge in [-0.2, -0.15) is 8.78 Å². The molecule has 4 aliphatic heterocycles. The Bertz CT molecular complexity index is 3410. The zero-order chi connectivity index (χ0) is 50.9. The molecular weight excluding hydrogens is 953 g/mol. The van der Waals surface area contributed by atoms with Crippen LogP contribution >= 0.6 is 0 Å². The van der Waals surface area contributed by atoms with Crippen LogP contribution in [-0.2, 0) is 0 Å². The molecule has 2 spiro atoms. The fourth-order valence-electron chi connectivity index (χ4n) is 10.8. The monoisotopic (exact) mass is 998 g/mol. The maximum absolute atomic E-state index is 15.2. The summed E-state index contributed by atoms with van der Waals surface area (Å²) in [6, 6.07) is 14.4. The van der Waals surface area contributed by atoms with E-state index in [1.54, 1.807) is 68.6 Å². The number of aromatic hydroxyl groups is 2. The van der Waals surface area contributed by atoms with Crippen LogP contribution in [0.1, 0.15) is 99.7 Å². The first-order valence-corrected chi connectivity index (χ1v) is 23.7. The lowest BCUT2D eigenvalue weighted by Crippen LogP contribution is -2.64. The summed E-state index contributed by atoms with van der Waals surface area (Å²) < 4.78 is 73.5. The lowest BCUT2D eigenvalue weighted by atomic mass is 9.74. The van der Waals surface area contributed by atoms with Gasteiger partial charge in [0, 0.05) is 48.0 Å². The third-order valence-corrected chi connectivity index (χ3v) is 14.8. The molecule has 2 aliphatic carbocycles. The summed E-state index contributed by atoms with van der Waals surface area (Å²) >= 11 is 0. The van der Waals surface area contributed by atoms with Gasteiger partial charge in [0.05, 0.1) is 22.5 Å². The van der Waals surface area contributed by atoms with E-state index in [4.69, 9.17) is 9.47 Å². The summed E-state index contributed by atoms with van der Waals surface area (Å²) in [5, 5.41) is 24.9. The standard InChI is InChI=1S/C27H24F2N4O4.C26H22F2N4O4/c1-16-5-2-12-30-21(16)22-17-6-7-18(28)20(29)25(17)37-14-4-11-27(9-3-10-27)31-15-33(22)32-13-8-19(34)24(35)23(32)26(31)36;27-17-7-6-16-21(18-5-1-2-12-29-18)32-15-30(25(35)22-23(34)19(33)8-13-31(22)32)26(9-3-10-26)11-4-14-36-24(16)20(17)28/h2,4-8,11-13,22,35H,3,9-10,14-15H2,1H3;1-2,4-8,11-13,21,34H,3,9-10,14-15H2/b2*11-4+/t22-;21-/m10/s1. The molecule has 0 saturated heterocycles. The average Bonchev–Trinajstić information content (AvgIpc) is 3.40. The van der Waals surface area contributed by atoms with Gasteiger partial charge in [-0.05, 0) is 106 Å². The van der Waals surface area contributed by atoms with Gasteiger partial charge < -0.3 is 29.5 Å². The second-order valence-electron chi connectivity index (χ2n) is 18.7. The molecule has 12 rings (SSSR count). The van der Waals surface area contributed by atoms with Crippen LogP contribution in [0.15, 0.2) is 125 Å². The number of aryl methyl sites for hydroxylation is 1. The van der Waals surface area contributed by atoms with E-state index in [1.165, 1.54) is 33.9 Å². The second-order valence-corrected chi connectivity index (χ2v) is 18.7. The first kappa shape index (κ1) is 46.9. The number of amides is 2. The summed E-state index contributed by atoms with van der Waals surface area (Å²) in [6.07, 6.45) is 17.5. The first-order chi connectivity index (χ1) is 35.2. The SMILES string of the molecule is Cc1cccnc1[C@H]1c2ccc(F)c(F)c2OC/C=C/C2(CCC2)N2CN1n1ccc(=O)c(O)c1C2=O.O=C1c2c(O)c(=O)ccn2N2CN1C1(/C=C/COc3c(ccc(F)c3F)[C@H]2c2ccccn2)CCC1. The lowest BCUT2D eigenvalue weighted by molar-refractivity contribution is 0.0248. The van der Waals surface area contributed by atoms with Crippen LogP contribution in [0.25, 0.3) is 0 Å². The van der Waals surface area contributed by atoms with Crippen molar-refractivity contribution in [3.63, 3.8) is 0 Å². The Hall–Kier alpha value is -8.42. The zero-order valence-electron chi connectivity index (χ0n) is 39.1. The third-order valence-electron chi connectivity index (χ3n) is 14.8. The molecule has 4 aromatic heterocycles. The Morgan fingerprint density at radius 2 is 1.10 bits per heavy atom. The predicted octanol–water partition coefficient (Wildman–Crippen LogP) is 6.79. The van der Waals surface area contributed by atoms with Crippen molar-refractivity contribution >= 4 is 11.8 Å². The van der Waals surface area contributed by atoms with Crippen molar-refractivity contribution in [2.75, 3.05) is 36.6 Å². The van der Waals surface area contributed by atoms with Crippen molar-refractivity contribution in [1.29, 1.82) is 0 Å². The molecule has 4 bridgehead atoms. The lowest BCUT2D eigenvalue weighted by Gasteiger charge is -2.53. The fraction of sp³-hybridized carbons (Fsp3) is 0.283. The number of pyridine rings is 4. The van der Waals surface area contributed by atoms with Crippen molar-refractivity contribution in [3.8, 4) is 23.0 Å². The molecular formula is C53H46F4N8O8. The van der Waals surface area contributed by atoms with Crippen molar-refractivity contribution in [3.05, 3.63) is 199 Å². The number of carbonyl (C=O) groups is 2. The average molecular weight is 999 g/mol. The molecule has 2 N–H and O–H groups in total. The second kappa shape index (κ2) is 18.0. The summed E-state index contributed by atoms with van der Waals surface area (Å²) in [6.45, 7) is 1.85. The Labute approximate surface area is 413 Å². The van der Waals surface area contributed by atoms with Gasteiger partial charge >= 0.3 is 0 Å². The molecule has 6 aromatic rings. The summed E-state index contributed by atoms with van der Waals surface area (Å²) in [5.41, 5.74) is -0.778. The van der Waals surface area contributed by atoms with Gasteiger partial charge in [0.25, 0.3) is 11.8 Å². The van der Waals surface area contributed by atoms with Crippen LogP contribution in [0.2, 0.25) is 0 Å². The molecule has 374 valence electrons. The Kier molecular flexibility index (Phi) is 11.6. The van der Waals surface area contributed by atoms with E-state index in [0.29, 0.717) is 37.1 Å². The molecule has 2 aromatic carbocycles. The smallest absolute Gasteiger partial charge is 0.278 e. The van der Waals surface area contributed by atoms with Crippen LogP contribution in [0.3, 0.4) is 0 Å². The van der Waals surface area contributed by atoms with Crippen LogP contribution < -0.4 is 30.3 Å². The van der Waals surface area contributed by atoms with E-state index >= 15 is 8.78 Å². The molecule has 20 heteroatoms. The van der Waals surface area contributed by atoms with Gasteiger partial charge in [-0.3, -0.25) is 48.5 Å². The van der Waals surface area contributed by atoms with Gasteiger partial charge in [0.2, 0.25) is 22.5 Å². The maximum Gasteiger partial charge on any atom is 0.278 e. The molecule has 73 heavy (non-hydrogen) atoms. The summed E-state index contributed by atoms with van der Waals surface area (Å²) in [5.74, 6) is -7.23. The normalized spacial score (nSPS) is 20.9. The molecule has 2 fully saturated rings. The van der Waals surface area contributed by atoms with Gasteiger partial charge in [-0.15, -0.1) is 0 Å². The predicted molar refractivity (Wildman–Crippen MR) is 255 cm³/mol. The number of hydrogen-bond donors (Lipinski definition) is 2. The van der Waals surface area contributed by atoms with E-state index in [1.807, 2.05) is 25.1 Å². The summed E-state index contributed by atoms with van der Waals surface area (Å²) in [7, 11) is 0. The Balaban J connectivity index is 0.000000157. The van der Waals surface area contributed by atoms with Crippen molar-refractivity contribution in [2.24, 2.45) is 0 Å². The van der Waals surface area contributed by atoms with E-state index in [9.17, 15) is 38.2 Å². The minimum Gasteiger partial charge on any atom is -0.502 e. The Morgan fingerprint density at radius 1 is 0.603 bits per heavy atom. The van der Waals surface area contributed by atoms with Crippen LogP contribution in [0.5, 0.6) is 23.0 Å². The topological polar surface area (TPSA) is 176 Å². The van der Waals surface area contributed by atoms with E-state index in [2.05, 4.69) is 9.97 Å². The highest BCUT2D eigenvalue weighted by Gasteiger charge is 2.51. The molecule has 0 unspecified atom stereocenters. The number of halogens is 4. The molecule has 0 radical (unpaired) electrons. The van der Waals surface area contributed by atoms with Crippen LogP contribution in [0.4, 0.5) is 17.6 Å². The molecule has 2 amide bonds. The highest BCUT2D eigenvalue weighted by Crippen LogP contribution is 2.47. The number of rotatable bonds is 2. The highest BCUT2D eigenvalue weighted by atomic mass is 19.2. The van der Waals surface area contributed by atoms with E-state index < -0.39 is 80.6 Å². The van der Waals surface area contributed by atoms with Gasteiger partial charge in [0.1, 0.15) is 38.6 Å². The minimum absolute atomic E-state index is 0.0393. The van der Waals surface area contributed by atoms with E-state index in [0.717, 1.165) is 42.7 Å². The van der Waals surface area contributed by atoms with Crippen LogP contribution in [0, 0.1) is 30.2 Å². The van der Waals surface area contributed by atoms with Crippen LogP contribution in [-0.4, -0.2) is 88.8 Å². The first-order valence-electron chi connectivity index (χ1n) is 23.7. The molecule has 2 saturated carbocycles. The van der Waals surface area contributed by atoms with Crippen molar-refractivity contribution in [2.45, 2.75) is 68.6 Å². The number of nitrogens with zero attached hydrogens (tertiary/aromatic N) is 8. The van der Waals surface area contributed by atoms with Crippen molar-refractivity contribution < 1.29 is 46.8 Å². The van der Waals surface area contributed by atoms with Gasteiger partial charge in [-0.25, -0.2) is 8.78 Å². The van der Waals surface area contributed by atoms with E-state index in [-0.39, 0.29) is 60.6 Å². The number of fused-ring (bicyclic) bond motifs is 12. The number of carbonyl (C=O) groups excluding carboxylic acids is 2. The maximum atomic E-state index is 15.2. The number of benzene rings is 2.